The summed E-state index contributed by atoms with van der Waals surface area (Å²) < 4.78 is 1.84. The molecule has 2 aromatic rings. The van der Waals surface area contributed by atoms with Crippen molar-refractivity contribution in [1.29, 1.82) is 0 Å². The van der Waals surface area contributed by atoms with Gasteiger partial charge in [-0.3, -0.25) is 9.20 Å². The van der Waals surface area contributed by atoms with Gasteiger partial charge in [-0.1, -0.05) is 12.1 Å². The van der Waals surface area contributed by atoms with E-state index in [1.165, 1.54) is 6.08 Å². The van der Waals surface area contributed by atoms with E-state index in [2.05, 4.69) is 15.5 Å². The van der Waals surface area contributed by atoms with E-state index < -0.39 is 0 Å². The minimum absolute atomic E-state index is 0.129. The fraction of sp³-hybridized carbons (Fsp3) is 0.182. The van der Waals surface area contributed by atoms with Gasteiger partial charge in [-0.15, -0.1) is 10.2 Å². The predicted octanol–water partition coefficient (Wildman–Crippen LogP) is 0.922. The lowest BCUT2D eigenvalue weighted by molar-refractivity contribution is -0.116. The van der Waals surface area contributed by atoms with Gasteiger partial charge in [-0.05, 0) is 25.1 Å². The van der Waals surface area contributed by atoms with Crippen molar-refractivity contribution in [1.82, 2.24) is 19.9 Å². The Bertz CT molecular complexity index is 530. The molecule has 0 radical (unpaired) electrons. The first-order valence-corrected chi connectivity index (χ1v) is 5.00. The fourth-order valence-electron chi connectivity index (χ4n) is 1.39. The summed E-state index contributed by atoms with van der Waals surface area (Å²) in [5.41, 5.74) is 0.776. The van der Waals surface area contributed by atoms with Crippen molar-refractivity contribution in [2.24, 2.45) is 0 Å². The van der Waals surface area contributed by atoms with E-state index in [1.54, 1.807) is 13.0 Å². The maximum absolute atomic E-state index is 11.2. The molecule has 16 heavy (non-hydrogen) atoms. The molecule has 0 fully saturated rings. The number of aromatic nitrogens is 3. The number of fused-ring (bicyclic) bond motifs is 1. The Labute approximate surface area is 92.8 Å². The summed E-state index contributed by atoms with van der Waals surface area (Å²) >= 11 is 0. The zero-order valence-electron chi connectivity index (χ0n) is 8.92. The lowest BCUT2D eigenvalue weighted by atomic mass is 10.4. The second-order valence-electron chi connectivity index (χ2n) is 3.26. The van der Waals surface area contributed by atoms with E-state index in [4.69, 9.17) is 0 Å². The van der Waals surface area contributed by atoms with E-state index in [0.717, 1.165) is 5.65 Å². The molecule has 0 aliphatic carbocycles. The number of nitrogens with one attached hydrogen (secondary N) is 1. The SMILES string of the molecule is CC=CC(=O)NCc1nnc2ccccn12. The maximum Gasteiger partial charge on any atom is 0.244 e. The Morgan fingerprint density at radius 1 is 1.50 bits per heavy atom. The molecule has 0 saturated heterocycles. The third-order valence-corrected chi connectivity index (χ3v) is 2.12. The van der Waals surface area contributed by atoms with Gasteiger partial charge in [-0.2, -0.15) is 0 Å². The largest absolute Gasteiger partial charge is 0.345 e. The van der Waals surface area contributed by atoms with Crippen LogP contribution in [0.3, 0.4) is 0 Å². The molecule has 2 rings (SSSR count). The molecular formula is C11H12N4O. The monoisotopic (exact) mass is 216 g/mol. The second kappa shape index (κ2) is 4.57. The third-order valence-electron chi connectivity index (χ3n) is 2.12. The van der Waals surface area contributed by atoms with E-state index in [9.17, 15) is 4.79 Å². The number of rotatable bonds is 3. The molecule has 2 heterocycles. The quantitative estimate of drug-likeness (QED) is 0.776. The summed E-state index contributed by atoms with van der Waals surface area (Å²) in [5, 5.41) is 10.7. The predicted molar refractivity (Wildman–Crippen MR) is 59.6 cm³/mol. The van der Waals surface area contributed by atoms with Crippen LogP contribution in [-0.2, 0) is 11.3 Å². The van der Waals surface area contributed by atoms with Gasteiger partial charge in [-0.25, -0.2) is 0 Å². The Hall–Kier alpha value is -2.17. The molecule has 0 aromatic carbocycles. The van der Waals surface area contributed by atoms with Gasteiger partial charge in [0.25, 0.3) is 0 Å². The van der Waals surface area contributed by atoms with Crippen LogP contribution >= 0.6 is 0 Å². The molecule has 0 aliphatic rings. The highest BCUT2D eigenvalue weighted by Crippen LogP contribution is 2.01. The van der Waals surface area contributed by atoms with Crippen molar-refractivity contribution in [3.8, 4) is 0 Å². The number of allylic oxidation sites excluding steroid dienone is 1. The van der Waals surface area contributed by atoms with E-state index >= 15 is 0 Å². The molecule has 0 unspecified atom stereocenters. The molecule has 0 spiro atoms. The lowest BCUT2D eigenvalue weighted by Gasteiger charge is -2.00. The van der Waals surface area contributed by atoms with E-state index in [1.807, 2.05) is 28.8 Å². The number of amides is 1. The topological polar surface area (TPSA) is 59.3 Å². The van der Waals surface area contributed by atoms with Crippen LogP contribution in [0.1, 0.15) is 12.7 Å². The molecule has 1 amide bonds. The summed E-state index contributed by atoms with van der Waals surface area (Å²) in [4.78, 5) is 11.2. The zero-order chi connectivity index (χ0) is 11.4. The van der Waals surface area contributed by atoms with Gasteiger partial charge < -0.3 is 5.32 Å². The molecule has 0 bridgehead atoms. The molecule has 5 heteroatoms. The van der Waals surface area contributed by atoms with Crippen LogP contribution in [0.15, 0.2) is 36.5 Å². The van der Waals surface area contributed by atoms with Crippen LogP contribution in [0.4, 0.5) is 0 Å². The number of nitrogens with zero attached hydrogens (tertiary/aromatic N) is 3. The first kappa shape index (κ1) is 10.4. The van der Waals surface area contributed by atoms with Crippen LogP contribution in [-0.4, -0.2) is 20.5 Å². The van der Waals surface area contributed by atoms with Crippen molar-refractivity contribution < 1.29 is 4.79 Å². The average Bonchev–Trinajstić information content (AvgIpc) is 2.70. The van der Waals surface area contributed by atoms with Gasteiger partial charge in [0.15, 0.2) is 11.5 Å². The van der Waals surface area contributed by atoms with Crippen LogP contribution in [0.25, 0.3) is 5.65 Å². The lowest BCUT2D eigenvalue weighted by Crippen LogP contribution is -2.21. The first-order chi connectivity index (χ1) is 7.81. The van der Waals surface area contributed by atoms with E-state index in [0.29, 0.717) is 12.4 Å². The molecule has 2 aromatic heterocycles. The normalized spacial score (nSPS) is 11.1. The zero-order valence-corrected chi connectivity index (χ0v) is 8.92. The van der Waals surface area contributed by atoms with Crippen LogP contribution in [0.5, 0.6) is 0 Å². The number of carbonyl (C=O) groups is 1. The highest BCUT2D eigenvalue weighted by molar-refractivity contribution is 5.87. The minimum Gasteiger partial charge on any atom is -0.345 e. The van der Waals surface area contributed by atoms with Crippen LogP contribution < -0.4 is 5.32 Å². The summed E-state index contributed by atoms with van der Waals surface area (Å²) in [6.07, 6.45) is 5.03. The van der Waals surface area contributed by atoms with Crippen LogP contribution in [0.2, 0.25) is 0 Å². The summed E-state index contributed by atoms with van der Waals surface area (Å²) in [6, 6.07) is 5.66. The number of hydrogen-bond donors (Lipinski definition) is 1. The van der Waals surface area contributed by atoms with Gasteiger partial charge in [0.05, 0.1) is 6.54 Å². The maximum atomic E-state index is 11.2. The molecule has 0 atom stereocenters. The van der Waals surface area contributed by atoms with Crippen LogP contribution in [0, 0.1) is 0 Å². The smallest absolute Gasteiger partial charge is 0.244 e. The molecule has 82 valence electrons. The number of carbonyl (C=O) groups excluding carboxylic acids is 1. The van der Waals surface area contributed by atoms with Gasteiger partial charge in [0, 0.05) is 6.20 Å². The van der Waals surface area contributed by atoms with Crippen molar-refractivity contribution in [3.05, 3.63) is 42.4 Å². The van der Waals surface area contributed by atoms with Crippen molar-refractivity contribution in [2.45, 2.75) is 13.5 Å². The Balaban J connectivity index is 2.13. The average molecular weight is 216 g/mol. The van der Waals surface area contributed by atoms with Gasteiger partial charge >= 0.3 is 0 Å². The Morgan fingerprint density at radius 3 is 3.19 bits per heavy atom. The molecule has 0 aliphatic heterocycles. The fourth-order valence-corrected chi connectivity index (χ4v) is 1.39. The standard InChI is InChI=1S/C11H12N4O/c1-2-5-11(16)12-8-10-14-13-9-6-3-4-7-15(9)10/h2-7H,8H2,1H3,(H,12,16). The van der Waals surface area contributed by atoms with Gasteiger partial charge in [0.2, 0.25) is 5.91 Å². The molecule has 5 nitrogen and oxygen atoms in total. The molecular weight excluding hydrogens is 204 g/mol. The third kappa shape index (κ3) is 2.08. The number of pyridine rings is 1. The number of hydrogen-bond acceptors (Lipinski definition) is 3. The summed E-state index contributed by atoms with van der Waals surface area (Å²) in [6.45, 7) is 2.17. The highest BCUT2D eigenvalue weighted by Gasteiger charge is 2.04. The van der Waals surface area contributed by atoms with Crippen molar-refractivity contribution >= 4 is 11.6 Å². The minimum atomic E-state index is -0.129. The van der Waals surface area contributed by atoms with Crippen molar-refractivity contribution in [2.75, 3.05) is 0 Å². The Morgan fingerprint density at radius 2 is 2.38 bits per heavy atom. The summed E-state index contributed by atoms with van der Waals surface area (Å²) in [5.74, 6) is 0.587. The molecule has 1 N–H and O–H groups in total. The molecule has 0 saturated carbocycles. The Kier molecular flexibility index (Phi) is 2.95. The van der Waals surface area contributed by atoms with Crippen molar-refractivity contribution in [3.63, 3.8) is 0 Å². The highest BCUT2D eigenvalue weighted by atomic mass is 16.1. The van der Waals surface area contributed by atoms with Gasteiger partial charge in [0.1, 0.15) is 0 Å². The van der Waals surface area contributed by atoms with E-state index in [-0.39, 0.29) is 5.91 Å². The second-order valence-corrected chi connectivity index (χ2v) is 3.26. The summed E-state index contributed by atoms with van der Waals surface area (Å²) in [7, 11) is 0. The first-order valence-electron chi connectivity index (χ1n) is 5.00.